The molecule has 3 aromatic heterocycles. The summed E-state index contributed by atoms with van der Waals surface area (Å²) in [4.78, 5) is 12.9. The third-order valence-electron chi connectivity index (χ3n) is 3.83. The Kier molecular flexibility index (Phi) is 3.14. The molecule has 0 aliphatic carbocycles. The van der Waals surface area contributed by atoms with Crippen LogP contribution in [0, 0.1) is 0 Å². The summed E-state index contributed by atoms with van der Waals surface area (Å²) in [5.74, 6) is 0.667. The van der Waals surface area contributed by atoms with Gasteiger partial charge in [-0.15, -0.1) is 0 Å². The summed E-state index contributed by atoms with van der Waals surface area (Å²) >= 11 is 0. The predicted octanol–water partition coefficient (Wildman–Crippen LogP) is 0.258. The van der Waals surface area contributed by atoms with Gasteiger partial charge in [-0.2, -0.15) is 0 Å². The van der Waals surface area contributed by atoms with Crippen LogP contribution in [0.5, 0.6) is 0 Å². The second-order valence-electron chi connectivity index (χ2n) is 5.25. The zero-order chi connectivity index (χ0) is 15.1. The highest BCUT2D eigenvalue weighted by Crippen LogP contribution is 2.31. The van der Waals surface area contributed by atoms with Crippen molar-refractivity contribution in [3.8, 4) is 5.82 Å². The smallest absolute Gasteiger partial charge is 0.168 e. The Labute approximate surface area is 125 Å². The number of rotatable bonds is 3. The van der Waals surface area contributed by atoms with Gasteiger partial charge in [0.15, 0.2) is 23.2 Å². The Morgan fingerprint density at radius 3 is 2.77 bits per heavy atom. The summed E-state index contributed by atoms with van der Waals surface area (Å²) < 4.78 is 9.20. The number of aliphatic hydroxyl groups is 2. The van der Waals surface area contributed by atoms with Gasteiger partial charge in [0.1, 0.15) is 12.4 Å². The molecule has 3 aromatic rings. The van der Waals surface area contributed by atoms with Crippen molar-refractivity contribution in [2.75, 3.05) is 6.61 Å². The first kappa shape index (κ1) is 13.4. The molecule has 0 bridgehead atoms. The second-order valence-corrected chi connectivity index (χ2v) is 5.25. The van der Waals surface area contributed by atoms with Crippen molar-refractivity contribution in [2.45, 2.75) is 24.9 Å². The molecule has 2 N–H and O–H groups in total. The lowest BCUT2D eigenvalue weighted by Crippen LogP contribution is -2.19. The maximum atomic E-state index is 10.1. The Morgan fingerprint density at radius 1 is 1.23 bits per heavy atom. The van der Waals surface area contributed by atoms with E-state index in [-0.39, 0.29) is 12.7 Å². The van der Waals surface area contributed by atoms with E-state index in [1.165, 1.54) is 6.33 Å². The van der Waals surface area contributed by atoms with Crippen LogP contribution >= 0.6 is 0 Å². The minimum Gasteiger partial charge on any atom is -0.394 e. The van der Waals surface area contributed by atoms with Gasteiger partial charge >= 0.3 is 0 Å². The fourth-order valence-electron chi connectivity index (χ4n) is 2.79. The van der Waals surface area contributed by atoms with Gasteiger partial charge in [-0.25, -0.2) is 15.0 Å². The van der Waals surface area contributed by atoms with Crippen molar-refractivity contribution < 1.29 is 14.9 Å². The van der Waals surface area contributed by atoms with Gasteiger partial charge in [0.2, 0.25) is 0 Å². The lowest BCUT2D eigenvalue weighted by molar-refractivity contribution is -0.0486. The number of hydrogen-bond acceptors (Lipinski definition) is 6. The van der Waals surface area contributed by atoms with Crippen molar-refractivity contribution in [3.05, 3.63) is 37.2 Å². The van der Waals surface area contributed by atoms with Crippen molar-refractivity contribution >= 4 is 11.2 Å². The number of aromatic nitrogens is 5. The van der Waals surface area contributed by atoms with Crippen LogP contribution in [-0.4, -0.2) is 53.1 Å². The van der Waals surface area contributed by atoms with Crippen LogP contribution in [0.25, 0.3) is 17.0 Å². The molecule has 3 atom stereocenters. The van der Waals surface area contributed by atoms with Gasteiger partial charge in [0.25, 0.3) is 0 Å². The van der Waals surface area contributed by atoms with E-state index in [4.69, 9.17) is 4.74 Å². The molecule has 1 saturated heterocycles. The summed E-state index contributed by atoms with van der Waals surface area (Å²) in [5, 5.41) is 19.3. The number of aliphatic hydroxyl groups excluding tert-OH is 2. The van der Waals surface area contributed by atoms with Crippen molar-refractivity contribution in [1.29, 1.82) is 0 Å². The van der Waals surface area contributed by atoms with Crippen LogP contribution < -0.4 is 0 Å². The van der Waals surface area contributed by atoms with E-state index >= 15 is 0 Å². The van der Waals surface area contributed by atoms with Crippen LogP contribution in [0.1, 0.15) is 12.6 Å². The van der Waals surface area contributed by atoms with E-state index in [0.717, 1.165) is 0 Å². The van der Waals surface area contributed by atoms with Crippen LogP contribution in [-0.2, 0) is 4.74 Å². The second kappa shape index (κ2) is 5.16. The first-order valence-electron chi connectivity index (χ1n) is 7.03. The third kappa shape index (κ3) is 2.00. The van der Waals surface area contributed by atoms with Gasteiger partial charge in [0.05, 0.1) is 19.0 Å². The molecular weight excluding hydrogens is 286 g/mol. The molecule has 4 rings (SSSR count). The zero-order valence-corrected chi connectivity index (χ0v) is 11.6. The van der Waals surface area contributed by atoms with E-state index in [0.29, 0.717) is 23.4 Å². The molecule has 22 heavy (non-hydrogen) atoms. The molecular formula is C14H15N5O3. The molecule has 1 unspecified atom stereocenters. The molecule has 0 aromatic carbocycles. The van der Waals surface area contributed by atoms with Crippen LogP contribution in [0.2, 0.25) is 0 Å². The Hall–Kier alpha value is -2.29. The van der Waals surface area contributed by atoms with Crippen LogP contribution in [0.4, 0.5) is 0 Å². The molecule has 0 amide bonds. The predicted molar refractivity (Wildman–Crippen MR) is 76.3 cm³/mol. The third-order valence-corrected chi connectivity index (χ3v) is 3.83. The number of hydrogen-bond donors (Lipinski definition) is 2. The van der Waals surface area contributed by atoms with Crippen molar-refractivity contribution in [1.82, 2.24) is 24.1 Å². The lowest BCUT2D eigenvalue weighted by Gasteiger charge is -2.16. The first-order valence-corrected chi connectivity index (χ1v) is 7.03. The number of fused-ring (bicyclic) bond motifs is 1. The molecule has 8 nitrogen and oxygen atoms in total. The molecule has 0 spiro atoms. The zero-order valence-electron chi connectivity index (χ0n) is 11.6. The molecule has 0 radical (unpaired) electrons. The normalized spacial score (nSPS) is 25.1. The lowest BCUT2D eigenvalue weighted by atomic mass is 10.2. The van der Waals surface area contributed by atoms with Crippen molar-refractivity contribution in [3.63, 3.8) is 0 Å². The van der Waals surface area contributed by atoms with Gasteiger partial charge in [0, 0.05) is 18.8 Å². The maximum Gasteiger partial charge on any atom is 0.168 e. The van der Waals surface area contributed by atoms with Gasteiger partial charge in [-0.3, -0.25) is 4.57 Å². The van der Waals surface area contributed by atoms with Crippen LogP contribution in [0.15, 0.2) is 37.2 Å². The summed E-state index contributed by atoms with van der Waals surface area (Å²) in [5.41, 5.74) is 1.21. The van der Waals surface area contributed by atoms with Crippen LogP contribution in [0.3, 0.4) is 0 Å². The fourth-order valence-corrected chi connectivity index (χ4v) is 2.79. The summed E-state index contributed by atoms with van der Waals surface area (Å²) in [7, 11) is 0. The number of imidazole rings is 1. The standard InChI is InChI=1S/C14H15N5O3/c20-6-9-5-10(21)14(22-9)19-8-17-11-12(15-7-16-13(11)19)18-3-1-2-4-18/h1-4,7-10,14,20-21H,5-6H2/t9-,10+,14?/m0/s1. The van der Waals surface area contributed by atoms with E-state index in [1.54, 1.807) is 10.9 Å². The quantitative estimate of drug-likeness (QED) is 0.720. The van der Waals surface area contributed by atoms with Gasteiger partial charge in [-0.05, 0) is 12.1 Å². The van der Waals surface area contributed by atoms with Crippen molar-refractivity contribution in [2.24, 2.45) is 0 Å². The highest BCUT2D eigenvalue weighted by Gasteiger charge is 2.36. The summed E-state index contributed by atoms with van der Waals surface area (Å²) in [6, 6.07) is 3.81. The Bertz CT molecular complexity index is 785. The minimum atomic E-state index is -0.709. The molecule has 1 aliphatic heterocycles. The van der Waals surface area contributed by atoms with E-state index in [2.05, 4.69) is 15.0 Å². The molecule has 8 heteroatoms. The fraction of sp³-hybridized carbons (Fsp3) is 0.357. The molecule has 114 valence electrons. The molecule has 1 aliphatic rings. The first-order chi connectivity index (χ1) is 10.8. The van der Waals surface area contributed by atoms with E-state index in [1.807, 2.05) is 29.1 Å². The number of nitrogens with zero attached hydrogens (tertiary/aromatic N) is 5. The molecule has 1 fully saturated rings. The molecule has 4 heterocycles. The Morgan fingerprint density at radius 2 is 2.05 bits per heavy atom. The molecule has 0 saturated carbocycles. The van der Waals surface area contributed by atoms with Gasteiger partial charge in [-0.1, -0.05) is 0 Å². The average Bonchev–Trinajstić information content (AvgIpc) is 3.25. The number of ether oxygens (including phenoxy) is 1. The maximum absolute atomic E-state index is 10.1. The van der Waals surface area contributed by atoms with E-state index in [9.17, 15) is 10.2 Å². The highest BCUT2D eigenvalue weighted by atomic mass is 16.5. The summed E-state index contributed by atoms with van der Waals surface area (Å²) in [6.45, 7) is -0.121. The monoisotopic (exact) mass is 301 g/mol. The van der Waals surface area contributed by atoms with Gasteiger partial charge < -0.3 is 19.5 Å². The summed E-state index contributed by atoms with van der Waals surface area (Å²) in [6.07, 6.45) is 5.50. The SMILES string of the molecule is OC[C@@H]1C[C@@H](O)C(n2cnc3c(-n4cccc4)ncnc32)O1. The minimum absolute atomic E-state index is 0.121. The highest BCUT2D eigenvalue weighted by molar-refractivity contribution is 5.78. The largest absolute Gasteiger partial charge is 0.394 e. The Balaban J connectivity index is 1.80. The topological polar surface area (TPSA) is 98.2 Å². The van der Waals surface area contributed by atoms with E-state index < -0.39 is 12.3 Å². The average molecular weight is 301 g/mol.